The van der Waals surface area contributed by atoms with Gasteiger partial charge in [-0.1, -0.05) is 26.0 Å². The SMILES string of the molecule is CC(C)[C@H](NC(=O)N1CCn2c1nc1ccccc12)C(=O)NC[C@H]1CCCO1. The van der Waals surface area contributed by atoms with Crippen LogP contribution in [0, 0.1) is 5.92 Å². The van der Waals surface area contributed by atoms with Crippen LogP contribution >= 0.6 is 0 Å². The zero-order valence-electron chi connectivity index (χ0n) is 16.4. The summed E-state index contributed by atoms with van der Waals surface area (Å²) < 4.78 is 7.59. The minimum Gasteiger partial charge on any atom is -0.376 e. The number of hydrogen-bond acceptors (Lipinski definition) is 4. The molecule has 1 fully saturated rings. The Balaban J connectivity index is 1.43. The monoisotopic (exact) mass is 385 g/mol. The van der Waals surface area contributed by atoms with E-state index in [4.69, 9.17) is 4.74 Å². The van der Waals surface area contributed by atoms with Crippen LogP contribution in [-0.4, -0.2) is 53.3 Å². The van der Waals surface area contributed by atoms with Crippen LogP contribution in [0.2, 0.25) is 0 Å². The average Bonchev–Trinajstić information content (AvgIpc) is 3.40. The van der Waals surface area contributed by atoms with Crippen molar-refractivity contribution in [1.82, 2.24) is 20.2 Å². The van der Waals surface area contributed by atoms with Gasteiger partial charge < -0.3 is 19.9 Å². The fraction of sp³-hybridized carbons (Fsp3) is 0.550. The van der Waals surface area contributed by atoms with Gasteiger partial charge in [0.05, 0.1) is 17.1 Å². The van der Waals surface area contributed by atoms with Crippen LogP contribution in [0.4, 0.5) is 10.7 Å². The lowest BCUT2D eigenvalue weighted by molar-refractivity contribution is -0.124. The largest absolute Gasteiger partial charge is 0.376 e. The normalized spacial score (nSPS) is 19.8. The van der Waals surface area contributed by atoms with Crippen LogP contribution in [0.1, 0.15) is 26.7 Å². The molecule has 4 rings (SSSR count). The summed E-state index contributed by atoms with van der Waals surface area (Å²) in [5.74, 6) is 0.419. The molecule has 150 valence electrons. The molecule has 2 N–H and O–H groups in total. The lowest BCUT2D eigenvalue weighted by atomic mass is 10.0. The first-order chi connectivity index (χ1) is 13.5. The Morgan fingerprint density at radius 2 is 2.11 bits per heavy atom. The standard InChI is InChI=1S/C20H27N5O3/c1-13(2)17(18(26)21-12-14-6-5-11-28-14)23-20(27)25-10-9-24-16-8-4-3-7-15(16)22-19(24)25/h3-4,7-8,13-14,17H,5-6,9-12H2,1-2H3,(H,21,26)(H,23,27)/t14-,17+/m1/s1. The second kappa shape index (κ2) is 7.79. The molecule has 2 aromatic rings. The first kappa shape index (κ1) is 18.7. The predicted molar refractivity (Wildman–Crippen MR) is 106 cm³/mol. The van der Waals surface area contributed by atoms with Crippen LogP contribution in [0.25, 0.3) is 11.0 Å². The number of hydrogen-bond donors (Lipinski definition) is 2. The van der Waals surface area contributed by atoms with E-state index in [-0.39, 0.29) is 24.0 Å². The van der Waals surface area contributed by atoms with Gasteiger partial charge in [-0.3, -0.25) is 9.69 Å². The lowest BCUT2D eigenvalue weighted by Crippen LogP contribution is -2.54. The summed E-state index contributed by atoms with van der Waals surface area (Å²) in [6.07, 6.45) is 2.06. The molecule has 0 unspecified atom stereocenters. The number of benzene rings is 1. The van der Waals surface area contributed by atoms with E-state index in [0.29, 0.717) is 25.6 Å². The summed E-state index contributed by atoms with van der Waals surface area (Å²) in [5, 5.41) is 5.82. The minimum atomic E-state index is -0.604. The average molecular weight is 385 g/mol. The maximum absolute atomic E-state index is 12.9. The van der Waals surface area contributed by atoms with E-state index in [1.807, 2.05) is 42.7 Å². The molecule has 2 atom stereocenters. The highest BCUT2D eigenvalue weighted by molar-refractivity contribution is 5.96. The van der Waals surface area contributed by atoms with E-state index in [1.165, 1.54) is 0 Å². The van der Waals surface area contributed by atoms with E-state index >= 15 is 0 Å². The van der Waals surface area contributed by atoms with Crippen molar-refractivity contribution in [2.75, 3.05) is 24.6 Å². The first-order valence-corrected chi connectivity index (χ1v) is 9.97. The van der Waals surface area contributed by atoms with Gasteiger partial charge in [0, 0.05) is 26.2 Å². The highest BCUT2D eigenvalue weighted by Gasteiger charge is 2.32. The van der Waals surface area contributed by atoms with Gasteiger partial charge in [-0.2, -0.15) is 0 Å². The summed E-state index contributed by atoms with van der Waals surface area (Å²) in [6, 6.07) is 6.94. The molecule has 0 bridgehead atoms. The van der Waals surface area contributed by atoms with Crippen LogP contribution in [0.3, 0.4) is 0 Å². The Hall–Kier alpha value is -2.61. The van der Waals surface area contributed by atoms with Crippen molar-refractivity contribution in [1.29, 1.82) is 0 Å². The van der Waals surface area contributed by atoms with Gasteiger partial charge in [-0.15, -0.1) is 0 Å². The molecule has 1 saturated heterocycles. The molecular formula is C20H27N5O3. The molecule has 0 radical (unpaired) electrons. The van der Waals surface area contributed by atoms with Crippen molar-refractivity contribution in [2.45, 2.75) is 45.4 Å². The number of imidazole rings is 1. The summed E-state index contributed by atoms with van der Waals surface area (Å²) in [6.45, 7) is 6.33. The molecule has 8 nitrogen and oxygen atoms in total. The summed E-state index contributed by atoms with van der Waals surface area (Å²) >= 11 is 0. The van der Waals surface area contributed by atoms with Crippen molar-refractivity contribution < 1.29 is 14.3 Å². The third-order valence-corrected chi connectivity index (χ3v) is 5.42. The topological polar surface area (TPSA) is 88.5 Å². The number of ether oxygens (including phenoxy) is 1. The second-order valence-corrected chi connectivity index (χ2v) is 7.76. The molecule has 0 saturated carbocycles. The third-order valence-electron chi connectivity index (χ3n) is 5.42. The summed E-state index contributed by atoms with van der Waals surface area (Å²) in [7, 11) is 0. The number of amides is 3. The van der Waals surface area contributed by atoms with Gasteiger partial charge >= 0.3 is 6.03 Å². The number of aromatic nitrogens is 2. The van der Waals surface area contributed by atoms with Crippen molar-refractivity contribution in [3.8, 4) is 0 Å². The number of urea groups is 1. The van der Waals surface area contributed by atoms with Crippen molar-refractivity contribution in [3.05, 3.63) is 24.3 Å². The van der Waals surface area contributed by atoms with Crippen molar-refractivity contribution in [3.63, 3.8) is 0 Å². The Morgan fingerprint density at radius 3 is 2.86 bits per heavy atom. The third kappa shape index (κ3) is 3.56. The smallest absolute Gasteiger partial charge is 0.324 e. The number of nitrogens with one attached hydrogen (secondary N) is 2. The zero-order chi connectivity index (χ0) is 19.7. The van der Waals surface area contributed by atoms with Gasteiger partial charge in [0.1, 0.15) is 6.04 Å². The molecule has 0 aliphatic carbocycles. The molecule has 3 amide bonds. The second-order valence-electron chi connectivity index (χ2n) is 7.76. The Bertz CT molecular complexity index is 872. The van der Waals surface area contributed by atoms with Crippen LogP contribution < -0.4 is 15.5 Å². The molecule has 1 aromatic heterocycles. The van der Waals surface area contributed by atoms with Gasteiger partial charge in [-0.05, 0) is 30.9 Å². The Labute approximate surface area is 164 Å². The van der Waals surface area contributed by atoms with E-state index < -0.39 is 6.04 Å². The number of para-hydroxylation sites is 2. The molecule has 28 heavy (non-hydrogen) atoms. The van der Waals surface area contributed by atoms with Crippen molar-refractivity contribution >= 4 is 28.9 Å². The molecule has 3 heterocycles. The maximum atomic E-state index is 12.9. The van der Waals surface area contributed by atoms with E-state index in [9.17, 15) is 9.59 Å². The highest BCUT2D eigenvalue weighted by atomic mass is 16.5. The van der Waals surface area contributed by atoms with Crippen LogP contribution in [0.15, 0.2) is 24.3 Å². The Morgan fingerprint density at radius 1 is 1.29 bits per heavy atom. The fourth-order valence-corrected chi connectivity index (χ4v) is 3.86. The molecule has 2 aliphatic rings. The van der Waals surface area contributed by atoms with E-state index in [1.54, 1.807) is 4.90 Å². The maximum Gasteiger partial charge on any atom is 0.324 e. The number of carbonyl (C=O) groups excluding carboxylic acids is 2. The number of fused-ring (bicyclic) bond motifs is 3. The first-order valence-electron chi connectivity index (χ1n) is 9.97. The fourth-order valence-electron chi connectivity index (χ4n) is 3.86. The predicted octanol–water partition coefficient (Wildman–Crippen LogP) is 1.89. The number of rotatable bonds is 5. The van der Waals surface area contributed by atoms with Crippen molar-refractivity contribution in [2.24, 2.45) is 5.92 Å². The van der Waals surface area contributed by atoms with Crippen LogP contribution in [-0.2, 0) is 16.1 Å². The summed E-state index contributed by atoms with van der Waals surface area (Å²) in [5.41, 5.74) is 1.88. The quantitative estimate of drug-likeness (QED) is 0.823. The number of anilines is 1. The van der Waals surface area contributed by atoms with Gasteiger partial charge in [0.25, 0.3) is 0 Å². The van der Waals surface area contributed by atoms with E-state index in [2.05, 4.69) is 15.6 Å². The molecule has 8 heteroatoms. The van der Waals surface area contributed by atoms with E-state index in [0.717, 1.165) is 30.5 Å². The van der Waals surface area contributed by atoms with Gasteiger partial charge in [0.2, 0.25) is 11.9 Å². The lowest BCUT2D eigenvalue weighted by Gasteiger charge is -2.25. The molecular weight excluding hydrogens is 358 g/mol. The molecule has 1 aromatic carbocycles. The summed E-state index contributed by atoms with van der Waals surface area (Å²) in [4.78, 5) is 31.8. The molecule has 0 spiro atoms. The van der Waals surface area contributed by atoms with Gasteiger partial charge in [0.15, 0.2) is 0 Å². The number of nitrogens with zero attached hydrogens (tertiary/aromatic N) is 3. The Kier molecular flexibility index (Phi) is 5.21. The zero-order valence-corrected chi connectivity index (χ0v) is 16.4. The van der Waals surface area contributed by atoms with Gasteiger partial charge in [-0.25, -0.2) is 9.78 Å². The highest BCUT2D eigenvalue weighted by Crippen LogP contribution is 2.27. The molecule has 2 aliphatic heterocycles. The number of carbonyl (C=O) groups is 2. The van der Waals surface area contributed by atoms with Crippen LogP contribution in [0.5, 0.6) is 0 Å². The minimum absolute atomic E-state index is 0.0325.